The monoisotopic (exact) mass is 346 g/mol. The molecule has 0 unspecified atom stereocenters. The molecule has 1 aliphatic heterocycles. The van der Waals surface area contributed by atoms with Crippen LogP contribution >= 0.6 is 11.6 Å². The van der Waals surface area contributed by atoms with Crippen molar-refractivity contribution in [1.82, 2.24) is 19.9 Å². The molecule has 0 spiro atoms. The van der Waals surface area contributed by atoms with E-state index in [4.69, 9.17) is 11.6 Å². The van der Waals surface area contributed by atoms with E-state index in [1.54, 1.807) is 36.9 Å². The highest BCUT2D eigenvalue weighted by Gasteiger charge is 2.22. The molecule has 0 radical (unpaired) electrons. The van der Waals surface area contributed by atoms with Gasteiger partial charge in [0.2, 0.25) is 11.9 Å². The van der Waals surface area contributed by atoms with Gasteiger partial charge in [0, 0.05) is 63.9 Å². The number of nitrogens with one attached hydrogen (secondary N) is 1. The fourth-order valence-corrected chi connectivity index (χ4v) is 2.78. The van der Waals surface area contributed by atoms with Crippen LogP contribution < -0.4 is 10.2 Å². The minimum atomic E-state index is 0.140. The first-order valence-corrected chi connectivity index (χ1v) is 8.25. The number of hydrogen-bond acceptors (Lipinski definition) is 6. The Balaban J connectivity index is 1.43. The number of rotatable bonds is 5. The van der Waals surface area contributed by atoms with Crippen LogP contribution in [-0.2, 0) is 4.79 Å². The second kappa shape index (κ2) is 7.92. The molecule has 2 aromatic rings. The van der Waals surface area contributed by atoms with Gasteiger partial charge in [-0.1, -0.05) is 11.6 Å². The third-order valence-corrected chi connectivity index (χ3v) is 4.20. The van der Waals surface area contributed by atoms with E-state index in [0.29, 0.717) is 31.1 Å². The first-order valence-electron chi connectivity index (χ1n) is 7.87. The molecule has 7 nitrogen and oxygen atoms in total. The van der Waals surface area contributed by atoms with Gasteiger partial charge in [0.25, 0.3) is 0 Å². The van der Waals surface area contributed by atoms with Crippen LogP contribution in [0.2, 0.25) is 5.02 Å². The summed E-state index contributed by atoms with van der Waals surface area (Å²) in [7, 11) is 0. The van der Waals surface area contributed by atoms with Gasteiger partial charge < -0.3 is 15.1 Å². The van der Waals surface area contributed by atoms with Gasteiger partial charge in [-0.3, -0.25) is 9.78 Å². The maximum atomic E-state index is 12.3. The molecule has 2 aromatic heterocycles. The van der Waals surface area contributed by atoms with E-state index < -0.39 is 0 Å². The van der Waals surface area contributed by atoms with Gasteiger partial charge in [-0.05, 0) is 12.1 Å². The quantitative estimate of drug-likeness (QED) is 0.887. The Labute approximate surface area is 145 Å². The topological polar surface area (TPSA) is 74.2 Å². The lowest BCUT2D eigenvalue weighted by Gasteiger charge is -2.34. The number of aromatic nitrogens is 3. The average molecular weight is 347 g/mol. The number of piperazine rings is 1. The highest BCUT2D eigenvalue weighted by atomic mass is 35.5. The number of carbonyl (C=O) groups is 1. The molecule has 1 amide bonds. The van der Waals surface area contributed by atoms with E-state index in [9.17, 15) is 4.79 Å². The number of anilines is 2. The van der Waals surface area contributed by atoms with Crippen LogP contribution in [0.15, 0.2) is 36.9 Å². The zero-order valence-electron chi connectivity index (χ0n) is 13.2. The van der Waals surface area contributed by atoms with Gasteiger partial charge in [-0.15, -0.1) is 0 Å². The standard InChI is InChI=1S/C16H19ClN6O/c17-13-12-18-6-2-14(13)19-7-3-15(24)22-8-10-23(11-9-22)16-20-4-1-5-21-16/h1-2,4-6,12H,3,7-11H2,(H,18,19). The van der Waals surface area contributed by atoms with Gasteiger partial charge in [0.05, 0.1) is 10.7 Å². The van der Waals surface area contributed by atoms with Crippen LogP contribution in [0.1, 0.15) is 6.42 Å². The van der Waals surface area contributed by atoms with Crippen LogP contribution in [0, 0.1) is 0 Å². The minimum absolute atomic E-state index is 0.140. The number of halogens is 1. The molecule has 126 valence electrons. The maximum absolute atomic E-state index is 12.3. The van der Waals surface area contributed by atoms with E-state index in [0.717, 1.165) is 24.7 Å². The van der Waals surface area contributed by atoms with Crippen molar-refractivity contribution in [1.29, 1.82) is 0 Å². The Morgan fingerprint density at radius 2 is 1.92 bits per heavy atom. The van der Waals surface area contributed by atoms with Crippen molar-refractivity contribution in [2.75, 3.05) is 42.9 Å². The van der Waals surface area contributed by atoms with Gasteiger partial charge >= 0.3 is 0 Å². The summed E-state index contributed by atoms with van der Waals surface area (Å²) in [6.45, 7) is 3.42. The van der Waals surface area contributed by atoms with Crippen LogP contribution in [0.3, 0.4) is 0 Å². The van der Waals surface area contributed by atoms with Gasteiger partial charge in [-0.2, -0.15) is 0 Å². The van der Waals surface area contributed by atoms with Crippen molar-refractivity contribution in [3.8, 4) is 0 Å². The Bertz CT molecular complexity index is 675. The molecule has 0 saturated carbocycles. The Morgan fingerprint density at radius 3 is 2.62 bits per heavy atom. The second-order valence-corrected chi connectivity index (χ2v) is 5.86. The Morgan fingerprint density at radius 1 is 1.17 bits per heavy atom. The number of nitrogens with zero attached hydrogens (tertiary/aromatic N) is 5. The fraction of sp³-hybridized carbons (Fsp3) is 0.375. The Kier molecular flexibility index (Phi) is 5.43. The van der Waals surface area contributed by atoms with Crippen molar-refractivity contribution in [3.63, 3.8) is 0 Å². The van der Waals surface area contributed by atoms with E-state index in [1.165, 1.54) is 0 Å². The summed E-state index contributed by atoms with van der Waals surface area (Å²) in [6, 6.07) is 3.59. The van der Waals surface area contributed by atoms with E-state index >= 15 is 0 Å². The lowest BCUT2D eigenvalue weighted by Crippen LogP contribution is -2.49. The number of hydrogen-bond donors (Lipinski definition) is 1. The molecule has 3 heterocycles. The first kappa shape index (κ1) is 16.4. The summed E-state index contributed by atoms with van der Waals surface area (Å²) in [4.78, 5) is 28.7. The van der Waals surface area contributed by atoms with Crippen molar-refractivity contribution >= 4 is 29.1 Å². The van der Waals surface area contributed by atoms with Crippen molar-refractivity contribution < 1.29 is 4.79 Å². The first-order chi connectivity index (χ1) is 11.7. The molecule has 0 bridgehead atoms. The van der Waals surface area contributed by atoms with Crippen molar-refractivity contribution in [2.45, 2.75) is 6.42 Å². The smallest absolute Gasteiger partial charge is 0.225 e. The van der Waals surface area contributed by atoms with Crippen LogP contribution in [0.25, 0.3) is 0 Å². The molecule has 0 aliphatic carbocycles. The van der Waals surface area contributed by atoms with Crippen LogP contribution in [0.5, 0.6) is 0 Å². The van der Waals surface area contributed by atoms with Crippen LogP contribution in [-0.4, -0.2) is 58.5 Å². The summed E-state index contributed by atoms with van der Waals surface area (Å²) in [6.07, 6.45) is 7.14. The zero-order chi connectivity index (χ0) is 16.8. The molecule has 8 heteroatoms. The van der Waals surface area contributed by atoms with Crippen molar-refractivity contribution in [3.05, 3.63) is 41.9 Å². The summed E-state index contributed by atoms with van der Waals surface area (Å²) < 4.78 is 0. The third kappa shape index (κ3) is 4.11. The Hall–Kier alpha value is -2.41. The highest BCUT2D eigenvalue weighted by molar-refractivity contribution is 6.33. The van der Waals surface area contributed by atoms with Gasteiger partial charge in [0.1, 0.15) is 0 Å². The summed E-state index contributed by atoms with van der Waals surface area (Å²) >= 11 is 6.02. The average Bonchev–Trinajstić information content (AvgIpc) is 2.64. The maximum Gasteiger partial charge on any atom is 0.225 e. The largest absolute Gasteiger partial charge is 0.383 e. The van der Waals surface area contributed by atoms with E-state index in [2.05, 4.69) is 25.2 Å². The van der Waals surface area contributed by atoms with Crippen LogP contribution in [0.4, 0.5) is 11.6 Å². The SMILES string of the molecule is O=C(CCNc1ccncc1Cl)N1CCN(c2ncccn2)CC1. The van der Waals surface area contributed by atoms with Gasteiger partial charge in [-0.25, -0.2) is 9.97 Å². The molecule has 1 N–H and O–H groups in total. The molecule has 0 atom stereocenters. The predicted molar refractivity (Wildman–Crippen MR) is 93.2 cm³/mol. The molecule has 1 fully saturated rings. The fourth-order valence-electron chi connectivity index (χ4n) is 2.59. The number of carbonyl (C=O) groups excluding carboxylic acids is 1. The molecule has 24 heavy (non-hydrogen) atoms. The molecular weight excluding hydrogens is 328 g/mol. The minimum Gasteiger partial charge on any atom is -0.383 e. The molecule has 0 aromatic carbocycles. The molecule has 1 aliphatic rings. The summed E-state index contributed by atoms with van der Waals surface area (Å²) in [5.74, 6) is 0.861. The second-order valence-electron chi connectivity index (χ2n) is 5.45. The predicted octanol–water partition coefficient (Wildman–Crippen LogP) is 1.68. The lowest BCUT2D eigenvalue weighted by molar-refractivity contribution is -0.131. The highest BCUT2D eigenvalue weighted by Crippen LogP contribution is 2.19. The van der Waals surface area contributed by atoms with Crippen molar-refractivity contribution in [2.24, 2.45) is 0 Å². The normalized spacial score (nSPS) is 14.5. The third-order valence-electron chi connectivity index (χ3n) is 3.89. The molecule has 1 saturated heterocycles. The zero-order valence-corrected chi connectivity index (χ0v) is 14.0. The summed E-state index contributed by atoms with van der Waals surface area (Å²) in [5.41, 5.74) is 0.797. The molecule has 3 rings (SSSR count). The summed E-state index contributed by atoms with van der Waals surface area (Å²) in [5, 5.41) is 3.72. The number of pyridine rings is 1. The van der Waals surface area contributed by atoms with E-state index in [-0.39, 0.29) is 5.91 Å². The van der Waals surface area contributed by atoms with E-state index in [1.807, 2.05) is 4.90 Å². The molecular formula is C16H19ClN6O. The number of amides is 1. The lowest BCUT2D eigenvalue weighted by atomic mass is 10.2. The van der Waals surface area contributed by atoms with Gasteiger partial charge in [0.15, 0.2) is 0 Å².